The lowest BCUT2D eigenvalue weighted by Crippen LogP contribution is -2.26. The molecule has 0 unspecified atom stereocenters. The minimum Gasteiger partial charge on any atom is -0.367 e. The zero-order chi connectivity index (χ0) is 12.0. The first-order valence-corrected chi connectivity index (χ1v) is 5.65. The Morgan fingerprint density at radius 3 is 2.88 bits per heavy atom. The highest BCUT2D eigenvalue weighted by molar-refractivity contribution is 5.53. The zero-order valence-corrected chi connectivity index (χ0v) is 10.5. The topological polar surface area (TPSA) is 28.2 Å². The van der Waals surface area contributed by atoms with Crippen LogP contribution in [0.25, 0.3) is 0 Å². The smallest absolute Gasteiger partial charge is 0.0445 e. The normalized spacial score (nSPS) is 10.2. The number of hydrogen-bond acceptors (Lipinski definition) is 3. The van der Waals surface area contributed by atoms with E-state index in [4.69, 9.17) is 0 Å². The molecule has 1 N–H and O–H groups in total. The molecule has 1 aromatic rings. The molecule has 0 bridgehead atoms. The molecule has 0 atom stereocenters. The second-order valence-electron chi connectivity index (χ2n) is 4.01. The van der Waals surface area contributed by atoms with Crippen molar-refractivity contribution in [3.63, 3.8) is 0 Å². The van der Waals surface area contributed by atoms with Crippen molar-refractivity contribution in [2.75, 3.05) is 25.0 Å². The van der Waals surface area contributed by atoms with E-state index in [-0.39, 0.29) is 0 Å². The molecular weight excluding hydrogens is 198 g/mol. The van der Waals surface area contributed by atoms with Gasteiger partial charge in [0.2, 0.25) is 0 Å². The van der Waals surface area contributed by atoms with Crippen molar-refractivity contribution in [1.29, 1.82) is 0 Å². The third-order valence-electron chi connectivity index (χ3n) is 2.43. The summed E-state index contributed by atoms with van der Waals surface area (Å²) in [6.07, 6.45) is 3.77. The van der Waals surface area contributed by atoms with Crippen LogP contribution in [0.15, 0.2) is 30.6 Å². The van der Waals surface area contributed by atoms with Crippen LogP contribution in [0, 0.1) is 0 Å². The maximum Gasteiger partial charge on any atom is 0.0445 e. The van der Waals surface area contributed by atoms with Crippen LogP contribution in [-0.4, -0.2) is 25.1 Å². The highest BCUT2D eigenvalue weighted by Gasteiger charge is 2.08. The van der Waals surface area contributed by atoms with Crippen molar-refractivity contribution in [1.82, 2.24) is 10.3 Å². The SMILES string of the molecule is C=C(C)CN(CC)c1ccncc1CNC. The lowest BCUT2D eigenvalue weighted by Gasteiger charge is -2.25. The van der Waals surface area contributed by atoms with E-state index in [0.29, 0.717) is 0 Å². The maximum atomic E-state index is 4.17. The van der Waals surface area contributed by atoms with Gasteiger partial charge in [0.05, 0.1) is 0 Å². The molecule has 0 spiro atoms. The summed E-state index contributed by atoms with van der Waals surface area (Å²) >= 11 is 0. The number of pyridine rings is 1. The molecule has 1 aromatic heterocycles. The average Bonchev–Trinajstić information content (AvgIpc) is 2.27. The van der Waals surface area contributed by atoms with Gasteiger partial charge in [0, 0.05) is 43.3 Å². The fourth-order valence-electron chi connectivity index (χ4n) is 1.75. The predicted molar refractivity (Wildman–Crippen MR) is 69.7 cm³/mol. The van der Waals surface area contributed by atoms with Crippen LogP contribution in [0.4, 0.5) is 5.69 Å². The molecule has 0 aliphatic rings. The van der Waals surface area contributed by atoms with E-state index in [1.165, 1.54) is 16.8 Å². The summed E-state index contributed by atoms with van der Waals surface area (Å²) in [5.74, 6) is 0. The van der Waals surface area contributed by atoms with Gasteiger partial charge in [0.15, 0.2) is 0 Å². The molecule has 3 nitrogen and oxygen atoms in total. The van der Waals surface area contributed by atoms with Gasteiger partial charge in [-0.3, -0.25) is 4.98 Å². The third-order valence-corrected chi connectivity index (χ3v) is 2.43. The molecule has 0 fully saturated rings. The summed E-state index contributed by atoms with van der Waals surface area (Å²) in [6.45, 7) is 10.9. The number of rotatable bonds is 6. The maximum absolute atomic E-state index is 4.17. The van der Waals surface area contributed by atoms with E-state index >= 15 is 0 Å². The standard InChI is InChI=1S/C13H21N3/c1-5-16(10-11(2)3)13-6-7-15-9-12(13)8-14-4/h6-7,9,14H,2,5,8,10H2,1,3-4H3. The molecule has 0 radical (unpaired) electrons. The van der Waals surface area contributed by atoms with Crippen LogP contribution in [-0.2, 0) is 6.54 Å². The summed E-state index contributed by atoms with van der Waals surface area (Å²) in [5, 5.41) is 3.17. The second-order valence-corrected chi connectivity index (χ2v) is 4.01. The molecular formula is C13H21N3. The van der Waals surface area contributed by atoms with E-state index in [9.17, 15) is 0 Å². The number of aromatic nitrogens is 1. The Bertz CT molecular complexity index is 347. The van der Waals surface area contributed by atoms with Crippen molar-refractivity contribution in [2.24, 2.45) is 0 Å². The number of likely N-dealkylation sites (N-methyl/N-ethyl adjacent to an activating group) is 1. The number of anilines is 1. The lowest BCUT2D eigenvalue weighted by atomic mass is 10.2. The molecule has 1 rings (SSSR count). The van der Waals surface area contributed by atoms with Crippen LogP contribution >= 0.6 is 0 Å². The Morgan fingerprint density at radius 1 is 1.56 bits per heavy atom. The molecule has 1 heterocycles. The average molecular weight is 219 g/mol. The van der Waals surface area contributed by atoms with Gasteiger partial charge in [-0.2, -0.15) is 0 Å². The quantitative estimate of drug-likeness (QED) is 0.743. The van der Waals surface area contributed by atoms with Gasteiger partial charge in [-0.1, -0.05) is 12.2 Å². The summed E-state index contributed by atoms with van der Waals surface area (Å²) < 4.78 is 0. The van der Waals surface area contributed by atoms with Crippen LogP contribution < -0.4 is 10.2 Å². The minimum atomic E-state index is 0.843. The minimum absolute atomic E-state index is 0.843. The molecule has 0 saturated carbocycles. The summed E-state index contributed by atoms with van der Waals surface area (Å²) in [6, 6.07) is 2.07. The van der Waals surface area contributed by atoms with Gasteiger partial charge in [-0.15, -0.1) is 0 Å². The Labute approximate surface area is 98.2 Å². The second kappa shape index (κ2) is 6.28. The van der Waals surface area contributed by atoms with Crippen molar-refractivity contribution in [3.8, 4) is 0 Å². The monoisotopic (exact) mass is 219 g/mol. The summed E-state index contributed by atoms with van der Waals surface area (Å²) in [5.41, 5.74) is 3.65. The molecule has 88 valence electrons. The Hall–Kier alpha value is -1.35. The van der Waals surface area contributed by atoms with Gasteiger partial charge in [0.25, 0.3) is 0 Å². The molecule has 0 amide bonds. The molecule has 0 aromatic carbocycles. The van der Waals surface area contributed by atoms with Crippen molar-refractivity contribution < 1.29 is 0 Å². The lowest BCUT2D eigenvalue weighted by molar-refractivity contribution is 0.794. The zero-order valence-electron chi connectivity index (χ0n) is 10.5. The van der Waals surface area contributed by atoms with E-state index in [0.717, 1.165) is 19.6 Å². The first-order chi connectivity index (χ1) is 7.69. The number of hydrogen-bond donors (Lipinski definition) is 1. The highest BCUT2D eigenvalue weighted by atomic mass is 15.1. The fourth-order valence-corrected chi connectivity index (χ4v) is 1.75. The van der Waals surface area contributed by atoms with Crippen LogP contribution in [0.2, 0.25) is 0 Å². The van der Waals surface area contributed by atoms with Crippen LogP contribution in [0.3, 0.4) is 0 Å². The fraction of sp³-hybridized carbons (Fsp3) is 0.462. The molecule has 0 aliphatic carbocycles. The molecule has 16 heavy (non-hydrogen) atoms. The molecule has 0 saturated heterocycles. The first-order valence-electron chi connectivity index (χ1n) is 5.65. The summed E-state index contributed by atoms with van der Waals surface area (Å²) in [4.78, 5) is 6.49. The highest BCUT2D eigenvalue weighted by Crippen LogP contribution is 2.19. The van der Waals surface area contributed by atoms with Crippen molar-refractivity contribution in [2.45, 2.75) is 20.4 Å². The van der Waals surface area contributed by atoms with Gasteiger partial charge < -0.3 is 10.2 Å². The third kappa shape index (κ3) is 3.35. The molecule has 0 aliphatic heterocycles. The van der Waals surface area contributed by atoms with Crippen LogP contribution in [0.1, 0.15) is 19.4 Å². The number of nitrogens with zero attached hydrogens (tertiary/aromatic N) is 2. The Balaban J connectivity index is 2.94. The summed E-state index contributed by atoms with van der Waals surface area (Å²) in [7, 11) is 1.95. The number of nitrogens with one attached hydrogen (secondary N) is 1. The van der Waals surface area contributed by atoms with Crippen molar-refractivity contribution >= 4 is 5.69 Å². The first kappa shape index (κ1) is 12.7. The van der Waals surface area contributed by atoms with Gasteiger partial charge in [0.1, 0.15) is 0 Å². The Kier molecular flexibility index (Phi) is 4.99. The Morgan fingerprint density at radius 2 is 2.31 bits per heavy atom. The van der Waals surface area contributed by atoms with E-state index < -0.39 is 0 Å². The van der Waals surface area contributed by atoms with E-state index in [1.54, 1.807) is 0 Å². The largest absolute Gasteiger partial charge is 0.367 e. The van der Waals surface area contributed by atoms with Gasteiger partial charge in [-0.05, 0) is 27.0 Å². The van der Waals surface area contributed by atoms with Crippen LogP contribution in [0.5, 0.6) is 0 Å². The van der Waals surface area contributed by atoms with Crippen molar-refractivity contribution in [3.05, 3.63) is 36.2 Å². The van der Waals surface area contributed by atoms with E-state index in [1.807, 2.05) is 19.4 Å². The molecule has 3 heteroatoms. The predicted octanol–water partition coefficient (Wildman–Crippen LogP) is 2.20. The van der Waals surface area contributed by atoms with Gasteiger partial charge >= 0.3 is 0 Å². The van der Waals surface area contributed by atoms with Gasteiger partial charge in [-0.25, -0.2) is 0 Å². The van der Waals surface area contributed by atoms with E-state index in [2.05, 4.69) is 41.7 Å².